The summed E-state index contributed by atoms with van der Waals surface area (Å²) in [6.45, 7) is 0.671. The van der Waals surface area contributed by atoms with E-state index in [-0.39, 0.29) is 0 Å². The number of aromatic nitrogens is 2. The third kappa shape index (κ3) is 2.64. The average Bonchev–Trinajstić information content (AvgIpc) is 2.79. The number of pyridine rings is 1. The van der Waals surface area contributed by atoms with Crippen LogP contribution in [-0.2, 0) is 6.54 Å². The highest BCUT2D eigenvalue weighted by molar-refractivity contribution is 7.07. The Morgan fingerprint density at radius 3 is 2.93 bits per heavy atom. The Labute approximate surface area is 91.3 Å². The monoisotopic (exact) mass is 221 g/mol. The molecule has 0 saturated heterocycles. The number of hydrogen-bond donors (Lipinski definition) is 3. The van der Waals surface area contributed by atoms with Crippen LogP contribution in [-0.4, -0.2) is 9.97 Å². The van der Waals surface area contributed by atoms with Gasteiger partial charge in [-0.25, -0.2) is 15.8 Å². The Morgan fingerprint density at radius 1 is 1.33 bits per heavy atom. The topological polar surface area (TPSA) is 75.9 Å². The first-order valence-corrected chi connectivity index (χ1v) is 5.37. The third-order valence-electron chi connectivity index (χ3n) is 1.83. The minimum Gasteiger partial charge on any atom is -0.364 e. The van der Waals surface area contributed by atoms with Gasteiger partial charge in [-0.15, -0.1) is 11.3 Å². The summed E-state index contributed by atoms with van der Waals surface area (Å²) >= 11 is 1.58. The Balaban J connectivity index is 1.98. The number of rotatable bonds is 4. The Hall–Kier alpha value is -1.66. The lowest BCUT2D eigenvalue weighted by Gasteiger charge is -2.05. The summed E-state index contributed by atoms with van der Waals surface area (Å²) < 4.78 is 0. The lowest BCUT2D eigenvalue weighted by molar-refractivity contribution is 1.05. The normalized spacial score (nSPS) is 9.93. The number of hydrogen-bond acceptors (Lipinski definition) is 6. The first-order valence-electron chi connectivity index (χ1n) is 4.43. The molecule has 0 fully saturated rings. The summed E-state index contributed by atoms with van der Waals surface area (Å²) in [5.74, 6) is 6.67. The number of nitrogens with two attached hydrogens (primary N) is 1. The number of nitrogens with one attached hydrogen (secondary N) is 2. The third-order valence-corrected chi connectivity index (χ3v) is 2.47. The van der Waals surface area contributed by atoms with Crippen LogP contribution in [0.1, 0.15) is 5.69 Å². The van der Waals surface area contributed by atoms with Crippen LogP contribution in [0.25, 0.3) is 0 Å². The van der Waals surface area contributed by atoms with Gasteiger partial charge in [-0.1, -0.05) is 6.07 Å². The van der Waals surface area contributed by atoms with Gasteiger partial charge in [0, 0.05) is 5.38 Å². The maximum atomic E-state index is 5.26. The summed E-state index contributed by atoms with van der Waals surface area (Å²) in [6, 6.07) is 5.56. The predicted octanol–water partition coefficient (Wildman–Crippen LogP) is 1.44. The molecule has 0 saturated carbocycles. The molecular formula is C9H11N5S. The van der Waals surface area contributed by atoms with Crippen LogP contribution in [0.3, 0.4) is 0 Å². The van der Waals surface area contributed by atoms with Crippen molar-refractivity contribution in [3.05, 3.63) is 34.8 Å². The van der Waals surface area contributed by atoms with Crippen molar-refractivity contribution < 1.29 is 0 Å². The van der Waals surface area contributed by atoms with Gasteiger partial charge in [-0.05, 0) is 12.1 Å². The van der Waals surface area contributed by atoms with Gasteiger partial charge >= 0.3 is 0 Å². The van der Waals surface area contributed by atoms with Crippen LogP contribution in [0.15, 0.2) is 29.1 Å². The van der Waals surface area contributed by atoms with Gasteiger partial charge in [-0.3, -0.25) is 0 Å². The number of thiazole rings is 1. The van der Waals surface area contributed by atoms with Gasteiger partial charge in [0.2, 0.25) is 0 Å². The van der Waals surface area contributed by atoms with Crippen molar-refractivity contribution in [1.82, 2.24) is 9.97 Å². The van der Waals surface area contributed by atoms with Gasteiger partial charge in [0.25, 0.3) is 0 Å². The summed E-state index contributed by atoms with van der Waals surface area (Å²) in [4.78, 5) is 8.38. The highest BCUT2D eigenvalue weighted by atomic mass is 32.1. The van der Waals surface area contributed by atoms with Crippen molar-refractivity contribution in [3.63, 3.8) is 0 Å². The molecule has 0 aliphatic rings. The van der Waals surface area contributed by atoms with Crippen LogP contribution in [0.4, 0.5) is 11.6 Å². The molecule has 6 heteroatoms. The van der Waals surface area contributed by atoms with Gasteiger partial charge < -0.3 is 10.7 Å². The molecule has 5 nitrogen and oxygen atoms in total. The average molecular weight is 221 g/mol. The second-order valence-corrected chi connectivity index (χ2v) is 3.60. The van der Waals surface area contributed by atoms with E-state index in [2.05, 4.69) is 20.7 Å². The zero-order valence-corrected chi connectivity index (χ0v) is 8.79. The summed E-state index contributed by atoms with van der Waals surface area (Å²) in [5, 5.41) is 5.16. The molecule has 2 rings (SSSR count). The minimum absolute atomic E-state index is 0.637. The van der Waals surface area contributed by atoms with Gasteiger partial charge in [0.05, 0.1) is 17.7 Å². The standard InChI is InChI=1S/C9H11N5S/c10-14-9-3-1-2-8(13-9)11-4-7-5-15-6-12-7/h1-3,5-6H,4,10H2,(H2,11,13,14). The van der Waals surface area contributed by atoms with Crippen LogP contribution in [0.5, 0.6) is 0 Å². The highest BCUT2D eigenvalue weighted by Gasteiger charge is 1.97. The van der Waals surface area contributed by atoms with E-state index >= 15 is 0 Å². The minimum atomic E-state index is 0.637. The molecule has 0 unspecified atom stereocenters. The lowest BCUT2D eigenvalue weighted by Crippen LogP contribution is -2.09. The Bertz CT molecular complexity index is 414. The smallest absolute Gasteiger partial charge is 0.142 e. The van der Waals surface area contributed by atoms with Crippen molar-refractivity contribution in [1.29, 1.82) is 0 Å². The highest BCUT2D eigenvalue weighted by Crippen LogP contribution is 2.09. The fourth-order valence-electron chi connectivity index (χ4n) is 1.12. The molecule has 2 heterocycles. The van der Waals surface area contributed by atoms with E-state index in [1.165, 1.54) is 0 Å². The molecule has 0 radical (unpaired) electrons. The van der Waals surface area contributed by atoms with Crippen LogP contribution in [0.2, 0.25) is 0 Å². The maximum absolute atomic E-state index is 5.26. The molecule has 2 aromatic rings. The van der Waals surface area contributed by atoms with Crippen molar-refractivity contribution in [2.75, 3.05) is 10.7 Å². The van der Waals surface area contributed by atoms with E-state index in [1.807, 2.05) is 23.0 Å². The molecule has 0 aromatic carbocycles. The molecule has 2 aromatic heterocycles. The second-order valence-electron chi connectivity index (χ2n) is 2.89. The Morgan fingerprint density at radius 2 is 2.20 bits per heavy atom. The van der Waals surface area contributed by atoms with Gasteiger partial charge in [0.1, 0.15) is 11.6 Å². The maximum Gasteiger partial charge on any atom is 0.142 e. The Kier molecular flexibility index (Phi) is 3.11. The molecule has 0 aliphatic carbocycles. The lowest BCUT2D eigenvalue weighted by atomic mass is 10.4. The molecule has 4 N–H and O–H groups in total. The summed E-state index contributed by atoms with van der Waals surface area (Å²) in [7, 11) is 0. The van der Waals surface area contributed by atoms with E-state index in [1.54, 1.807) is 17.4 Å². The zero-order valence-electron chi connectivity index (χ0n) is 7.97. The van der Waals surface area contributed by atoms with Crippen LogP contribution in [0, 0.1) is 0 Å². The SMILES string of the molecule is NNc1cccc(NCc2cscn2)n1. The molecule has 0 bridgehead atoms. The quantitative estimate of drug-likeness (QED) is 0.538. The molecule has 0 aliphatic heterocycles. The van der Waals surface area contributed by atoms with E-state index in [4.69, 9.17) is 5.84 Å². The predicted molar refractivity (Wildman–Crippen MR) is 61.5 cm³/mol. The fraction of sp³-hybridized carbons (Fsp3) is 0.111. The fourth-order valence-corrected chi connectivity index (χ4v) is 1.68. The van der Waals surface area contributed by atoms with E-state index in [9.17, 15) is 0 Å². The first-order chi connectivity index (χ1) is 7.38. The molecule has 0 spiro atoms. The van der Waals surface area contributed by atoms with E-state index < -0.39 is 0 Å². The number of hydrazine groups is 1. The summed E-state index contributed by atoms with van der Waals surface area (Å²) in [6.07, 6.45) is 0. The van der Waals surface area contributed by atoms with Gasteiger partial charge in [-0.2, -0.15) is 0 Å². The summed E-state index contributed by atoms with van der Waals surface area (Å²) in [5.41, 5.74) is 5.31. The molecule has 0 atom stereocenters. The van der Waals surface area contributed by atoms with Crippen LogP contribution >= 0.6 is 11.3 Å². The van der Waals surface area contributed by atoms with Crippen molar-refractivity contribution in [2.24, 2.45) is 5.84 Å². The molecule has 0 amide bonds. The van der Waals surface area contributed by atoms with Crippen LogP contribution < -0.4 is 16.6 Å². The second kappa shape index (κ2) is 4.72. The van der Waals surface area contributed by atoms with E-state index in [0.717, 1.165) is 11.5 Å². The molecule has 78 valence electrons. The van der Waals surface area contributed by atoms with Crippen molar-refractivity contribution in [2.45, 2.75) is 6.54 Å². The van der Waals surface area contributed by atoms with Crippen molar-refractivity contribution >= 4 is 23.0 Å². The first kappa shape index (κ1) is 9.88. The number of nitrogens with zero attached hydrogens (tertiary/aromatic N) is 2. The zero-order chi connectivity index (χ0) is 10.5. The largest absolute Gasteiger partial charge is 0.364 e. The van der Waals surface area contributed by atoms with Gasteiger partial charge in [0.15, 0.2) is 0 Å². The number of anilines is 2. The number of nitrogen functional groups attached to an aromatic ring is 1. The molecular weight excluding hydrogens is 210 g/mol. The van der Waals surface area contributed by atoms with Crippen molar-refractivity contribution in [3.8, 4) is 0 Å². The van der Waals surface area contributed by atoms with E-state index in [0.29, 0.717) is 12.4 Å². The molecule has 15 heavy (non-hydrogen) atoms.